The Morgan fingerprint density at radius 2 is 2.13 bits per heavy atom. The van der Waals surface area contributed by atoms with Crippen molar-refractivity contribution >= 4 is 28.1 Å². The summed E-state index contributed by atoms with van der Waals surface area (Å²) in [5, 5.41) is 11.0. The summed E-state index contributed by atoms with van der Waals surface area (Å²) >= 11 is 0. The van der Waals surface area contributed by atoms with Crippen molar-refractivity contribution in [1.29, 1.82) is 0 Å². The molecule has 0 aromatic heterocycles. The van der Waals surface area contributed by atoms with Crippen molar-refractivity contribution in [3.63, 3.8) is 0 Å². The van der Waals surface area contributed by atoms with Gasteiger partial charge in [-0.2, -0.15) is 4.31 Å². The van der Waals surface area contributed by atoms with Gasteiger partial charge in [0.2, 0.25) is 10.0 Å². The minimum Gasteiger partial charge on any atom is -0.490 e. The fraction of sp³-hybridized carbons (Fsp3) is 0.538. The molecule has 0 bridgehead atoms. The Labute approximate surface area is 141 Å². The number of hydrogen-bond acceptors (Lipinski definition) is 6. The second-order valence-corrected chi connectivity index (χ2v) is 7.63. The highest BCUT2D eigenvalue weighted by Gasteiger charge is 2.39. The average molecular weight is 366 g/mol. The third kappa shape index (κ3) is 3.74. The summed E-state index contributed by atoms with van der Waals surface area (Å²) in [6, 6.07) is 3.65. The summed E-state index contributed by atoms with van der Waals surface area (Å²) in [6.45, 7) is 2.99. The minimum atomic E-state index is -3.78. The van der Waals surface area contributed by atoms with Crippen LogP contribution in [0.3, 0.4) is 0 Å². The summed E-state index contributed by atoms with van der Waals surface area (Å²) in [7, 11) is -2.49. The van der Waals surface area contributed by atoms with E-state index in [0.717, 1.165) is 6.07 Å². The largest absolute Gasteiger partial charge is 0.490 e. The van der Waals surface area contributed by atoms with E-state index in [2.05, 4.69) is 0 Å². The maximum absolute atomic E-state index is 12.6. The third-order valence-electron chi connectivity index (χ3n) is 4.00. The molecule has 23 heavy (non-hydrogen) atoms. The quantitative estimate of drug-likeness (QED) is 0.622. The van der Waals surface area contributed by atoms with Gasteiger partial charge in [-0.25, -0.2) is 8.42 Å². The Balaban J connectivity index is 0.00000264. The van der Waals surface area contributed by atoms with Crippen molar-refractivity contribution < 1.29 is 18.1 Å². The summed E-state index contributed by atoms with van der Waals surface area (Å²) in [5.41, 5.74) is 5.06. The van der Waals surface area contributed by atoms with Crippen LogP contribution >= 0.6 is 12.4 Å². The lowest BCUT2D eigenvalue weighted by atomic mass is 9.90. The van der Waals surface area contributed by atoms with E-state index in [1.807, 2.05) is 6.92 Å². The Morgan fingerprint density at radius 1 is 1.48 bits per heavy atom. The number of rotatable bonds is 5. The maximum atomic E-state index is 12.6. The number of benzene rings is 1. The molecule has 1 fully saturated rings. The molecule has 10 heteroatoms. The molecule has 1 aromatic rings. The van der Waals surface area contributed by atoms with Crippen LogP contribution in [-0.2, 0) is 10.0 Å². The Kier molecular flexibility index (Phi) is 5.97. The van der Waals surface area contributed by atoms with Gasteiger partial charge in [-0.05, 0) is 30.5 Å². The molecule has 8 nitrogen and oxygen atoms in total. The number of nitro benzene ring substituents is 1. The molecule has 1 unspecified atom stereocenters. The van der Waals surface area contributed by atoms with E-state index in [9.17, 15) is 18.5 Å². The molecule has 0 amide bonds. The van der Waals surface area contributed by atoms with Gasteiger partial charge in [-0.3, -0.25) is 10.1 Å². The van der Waals surface area contributed by atoms with Gasteiger partial charge < -0.3 is 10.5 Å². The number of nitrogens with zero attached hydrogens (tertiary/aromatic N) is 2. The molecule has 1 aromatic carbocycles. The molecule has 1 aliphatic heterocycles. The molecule has 1 atom stereocenters. The number of hydrogen-bond donors (Lipinski definition) is 1. The van der Waals surface area contributed by atoms with Crippen LogP contribution in [0.4, 0.5) is 5.69 Å². The van der Waals surface area contributed by atoms with Gasteiger partial charge >= 0.3 is 5.69 Å². The highest BCUT2D eigenvalue weighted by molar-refractivity contribution is 7.89. The zero-order valence-corrected chi connectivity index (χ0v) is 14.5. The van der Waals surface area contributed by atoms with Gasteiger partial charge in [0.1, 0.15) is 0 Å². The number of nitrogens with two attached hydrogens (primary N) is 1. The number of nitro groups is 1. The van der Waals surface area contributed by atoms with Crippen LogP contribution in [0.2, 0.25) is 0 Å². The van der Waals surface area contributed by atoms with Crippen molar-refractivity contribution in [1.82, 2.24) is 4.31 Å². The molecule has 1 saturated heterocycles. The van der Waals surface area contributed by atoms with Gasteiger partial charge in [0, 0.05) is 19.2 Å². The first-order valence-corrected chi connectivity index (χ1v) is 8.20. The Bertz CT molecular complexity index is 697. The zero-order valence-electron chi connectivity index (χ0n) is 12.9. The molecular weight excluding hydrogens is 346 g/mol. The summed E-state index contributed by atoms with van der Waals surface area (Å²) in [6.07, 6.45) is 0.668. The highest BCUT2D eigenvalue weighted by atomic mass is 35.5. The first kappa shape index (κ1) is 19.6. The zero-order chi connectivity index (χ0) is 16.5. The number of ether oxygens (including phenoxy) is 1. The van der Waals surface area contributed by atoms with E-state index in [1.165, 1.54) is 23.5 Å². The third-order valence-corrected chi connectivity index (χ3v) is 5.84. The summed E-state index contributed by atoms with van der Waals surface area (Å²) < 4.78 is 31.5. The lowest BCUT2D eigenvalue weighted by molar-refractivity contribution is -0.386. The Morgan fingerprint density at radius 3 is 2.61 bits per heavy atom. The van der Waals surface area contributed by atoms with Crippen LogP contribution in [-0.4, -0.2) is 44.4 Å². The van der Waals surface area contributed by atoms with Crippen LogP contribution in [0.1, 0.15) is 13.3 Å². The molecule has 0 radical (unpaired) electrons. The molecule has 0 aliphatic carbocycles. The lowest BCUT2D eigenvalue weighted by Crippen LogP contribution is -2.34. The number of sulfonamides is 1. The minimum absolute atomic E-state index is 0. The van der Waals surface area contributed by atoms with Crippen LogP contribution in [0.25, 0.3) is 0 Å². The molecule has 1 aliphatic rings. The lowest BCUT2D eigenvalue weighted by Gasteiger charge is -2.22. The number of methoxy groups -OCH3 is 1. The van der Waals surface area contributed by atoms with Crippen molar-refractivity contribution in [3.8, 4) is 5.75 Å². The first-order valence-electron chi connectivity index (χ1n) is 6.76. The summed E-state index contributed by atoms with van der Waals surface area (Å²) in [4.78, 5) is 10.3. The molecule has 2 rings (SSSR count). The van der Waals surface area contributed by atoms with Gasteiger partial charge in [0.05, 0.1) is 16.9 Å². The van der Waals surface area contributed by atoms with Gasteiger partial charge in [0.15, 0.2) is 5.75 Å². The van der Waals surface area contributed by atoms with Gasteiger partial charge in [0.25, 0.3) is 0 Å². The number of halogens is 1. The van der Waals surface area contributed by atoms with E-state index < -0.39 is 14.9 Å². The van der Waals surface area contributed by atoms with Gasteiger partial charge in [-0.1, -0.05) is 6.92 Å². The highest BCUT2D eigenvalue weighted by Crippen LogP contribution is 2.35. The van der Waals surface area contributed by atoms with Crippen LogP contribution < -0.4 is 10.5 Å². The summed E-state index contributed by atoms with van der Waals surface area (Å²) in [5.74, 6) is 0.0252. The monoisotopic (exact) mass is 365 g/mol. The van der Waals surface area contributed by atoms with Crippen molar-refractivity contribution in [2.45, 2.75) is 18.2 Å². The standard InChI is InChI=1S/C13H19N3O5S.ClH/c1-13(8-14)5-6-15(9-13)22(19,20)10-3-4-12(21-2)11(7-10)16(17)18;/h3-4,7H,5-6,8-9,14H2,1-2H3;1H. The smallest absolute Gasteiger partial charge is 0.312 e. The first-order chi connectivity index (χ1) is 10.2. The second-order valence-electron chi connectivity index (χ2n) is 5.69. The fourth-order valence-corrected chi connectivity index (χ4v) is 4.08. The molecular formula is C13H20ClN3O5S. The predicted octanol–water partition coefficient (Wildman–Crippen LogP) is 1.38. The van der Waals surface area contributed by atoms with E-state index in [1.54, 1.807) is 0 Å². The molecule has 0 spiro atoms. The van der Waals surface area contributed by atoms with E-state index in [0.29, 0.717) is 26.1 Å². The topological polar surface area (TPSA) is 116 Å². The predicted molar refractivity (Wildman–Crippen MR) is 87.4 cm³/mol. The maximum Gasteiger partial charge on any atom is 0.312 e. The van der Waals surface area contributed by atoms with E-state index >= 15 is 0 Å². The molecule has 1 heterocycles. The second kappa shape index (κ2) is 7.00. The SMILES string of the molecule is COc1ccc(S(=O)(=O)N2CCC(C)(CN)C2)cc1[N+](=O)[O-].Cl. The van der Waals surface area contributed by atoms with Crippen molar-refractivity contribution in [3.05, 3.63) is 28.3 Å². The van der Waals surface area contributed by atoms with Crippen molar-refractivity contribution in [2.24, 2.45) is 11.1 Å². The van der Waals surface area contributed by atoms with E-state index in [4.69, 9.17) is 10.5 Å². The molecule has 0 saturated carbocycles. The molecule has 2 N–H and O–H groups in total. The van der Waals surface area contributed by atoms with E-state index in [-0.39, 0.29) is 34.2 Å². The van der Waals surface area contributed by atoms with Gasteiger partial charge in [-0.15, -0.1) is 12.4 Å². The van der Waals surface area contributed by atoms with Crippen LogP contribution in [0, 0.1) is 15.5 Å². The van der Waals surface area contributed by atoms with Crippen LogP contribution in [0.5, 0.6) is 5.75 Å². The fourth-order valence-electron chi connectivity index (χ4n) is 2.47. The Hall–Kier alpha value is -1.42. The average Bonchev–Trinajstić information content (AvgIpc) is 2.90. The van der Waals surface area contributed by atoms with Crippen molar-refractivity contribution in [2.75, 3.05) is 26.7 Å². The normalized spacial score (nSPS) is 21.7. The van der Waals surface area contributed by atoms with Crippen LogP contribution in [0.15, 0.2) is 23.1 Å². The molecule has 130 valence electrons.